The van der Waals surface area contributed by atoms with Crippen LogP contribution in [0, 0.1) is 0 Å². The Bertz CT molecular complexity index is 1530. The van der Waals surface area contributed by atoms with Crippen molar-refractivity contribution in [3.05, 3.63) is 94.9 Å². The number of rotatable bonds is 4. The third-order valence-corrected chi connectivity index (χ3v) is 6.68. The summed E-state index contributed by atoms with van der Waals surface area (Å²) in [6, 6.07) is 21.9. The van der Waals surface area contributed by atoms with Gasteiger partial charge in [-0.1, -0.05) is 60.7 Å². The maximum atomic E-state index is 13.2. The summed E-state index contributed by atoms with van der Waals surface area (Å²) in [6.07, 6.45) is -3.04. The van der Waals surface area contributed by atoms with Crippen molar-refractivity contribution in [2.24, 2.45) is 0 Å². The van der Waals surface area contributed by atoms with E-state index in [1.807, 2.05) is 54.6 Å². The molecule has 0 aromatic heterocycles. The number of fused-ring (bicyclic) bond motifs is 2. The molecule has 1 saturated heterocycles. The molecule has 9 heteroatoms. The van der Waals surface area contributed by atoms with Gasteiger partial charge >= 0.3 is 6.18 Å². The van der Waals surface area contributed by atoms with E-state index in [0.29, 0.717) is 11.8 Å². The van der Waals surface area contributed by atoms with E-state index in [1.165, 1.54) is 12.1 Å². The van der Waals surface area contributed by atoms with E-state index in [9.17, 15) is 27.6 Å². The molecule has 4 aromatic rings. The summed E-state index contributed by atoms with van der Waals surface area (Å²) in [5.74, 6) is -1.59. The fraction of sp³-hybridized carbons (Fsp3) is 0.0741. The number of hydrogen-bond donors (Lipinski definition) is 1. The Hall–Kier alpha value is -4.11. The van der Waals surface area contributed by atoms with Crippen molar-refractivity contribution in [2.45, 2.75) is 6.18 Å². The Kier molecular flexibility index (Phi) is 6.01. The smallest absolute Gasteiger partial charge is 0.324 e. The Balaban J connectivity index is 1.44. The van der Waals surface area contributed by atoms with Crippen LogP contribution in [-0.4, -0.2) is 28.5 Å². The lowest BCUT2D eigenvalue weighted by atomic mass is 9.96. The van der Waals surface area contributed by atoms with Gasteiger partial charge < -0.3 is 5.32 Å². The maximum absolute atomic E-state index is 13.2. The third kappa shape index (κ3) is 4.45. The fourth-order valence-corrected chi connectivity index (χ4v) is 4.96. The van der Waals surface area contributed by atoms with Crippen LogP contribution in [-0.2, 0) is 15.8 Å². The number of halogens is 3. The van der Waals surface area contributed by atoms with Crippen LogP contribution in [0.4, 0.5) is 23.7 Å². The van der Waals surface area contributed by atoms with Crippen LogP contribution < -0.4 is 5.32 Å². The van der Waals surface area contributed by atoms with Crippen molar-refractivity contribution in [3.8, 4) is 0 Å². The molecule has 0 saturated carbocycles. The van der Waals surface area contributed by atoms with Gasteiger partial charge in [-0.2, -0.15) is 13.2 Å². The van der Waals surface area contributed by atoms with Gasteiger partial charge in [-0.25, -0.2) is 0 Å². The van der Waals surface area contributed by atoms with Gasteiger partial charge in [-0.3, -0.25) is 19.3 Å². The minimum atomic E-state index is -4.67. The summed E-state index contributed by atoms with van der Waals surface area (Å²) in [6.45, 7) is -0.704. The summed E-state index contributed by atoms with van der Waals surface area (Å²) >= 11 is 0.688. The molecule has 5 nitrogen and oxygen atoms in total. The highest BCUT2D eigenvalue weighted by atomic mass is 32.2. The number of imide groups is 1. The predicted molar refractivity (Wildman–Crippen MR) is 134 cm³/mol. The third-order valence-electron chi connectivity index (χ3n) is 5.77. The highest BCUT2D eigenvalue weighted by Crippen LogP contribution is 2.37. The first-order valence-electron chi connectivity index (χ1n) is 10.8. The number of carbonyl (C=O) groups is 3. The van der Waals surface area contributed by atoms with Crippen LogP contribution >= 0.6 is 11.8 Å². The maximum Gasteiger partial charge on any atom is 0.418 e. The first-order chi connectivity index (χ1) is 17.2. The van der Waals surface area contributed by atoms with Crippen LogP contribution in [0.5, 0.6) is 0 Å². The zero-order chi connectivity index (χ0) is 25.4. The van der Waals surface area contributed by atoms with Crippen LogP contribution in [0.1, 0.15) is 11.1 Å². The Morgan fingerprint density at radius 2 is 1.47 bits per heavy atom. The average Bonchev–Trinajstić information content (AvgIpc) is 3.11. The van der Waals surface area contributed by atoms with Gasteiger partial charge in [0.2, 0.25) is 5.91 Å². The lowest BCUT2D eigenvalue weighted by molar-refractivity contribution is -0.137. The normalized spacial score (nSPS) is 15.3. The molecule has 5 rings (SSSR count). The first kappa shape index (κ1) is 23.6. The van der Waals surface area contributed by atoms with Crippen molar-refractivity contribution in [1.82, 2.24) is 4.90 Å². The highest BCUT2D eigenvalue weighted by molar-refractivity contribution is 8.18. The van der Waals surface area contributed by atoms with Gasteiger partial charge in [0.25, 0.3) is 11.1 Å². The van der Waals surface area contributed by atoms with E-state index in [0.717, 1.165) is 44.1 Å². The van der Waals surface area contributed by atoms with Gasteiger partial charge in [0.15, 0.2) is 0 Å². The van der Waals surface area contributed by atoms with Crippen molar-refractivity contribution in [1.29, 1.82) is 0 Å². The number of benzene rings is 4. The number of anilines is 1. The molecule has 180 valence electrons. The van der Waals surface area contributed by atoms with Gasteiger partial charge in [0, 0.05) is 0 Å². The van der Waals surface area contributed by atoms with E-state index in [2.05, 4.69) is 5.32 Å². The van der Waals surface area contributed by atoms with Gasteiger partial charge in [-0.15, -0.1) is 0 Å². The SMILES string of the molecule is O=C(CN1C(=O)S/C(=C\c2c3ccccc3cc3ccccc23)C1=O)Nc1ccccc1C(F)(F)F. The molecule has 0 aliphatic carbocycles. The number of amides is 3. The van der Waals surface area contributed by atoms with E-state index in [1.54, 1.807) is 6.08 Å². The number of thioether (sulfide) groups is 1. The van der Waals surface area contributed by atoms with Crippen LogP contribution in [0.15, 0.2) is 83.8 Å². The van der Waals surface area contributed by atoms with Gasteiger partial charge in [0.1, 0.15) is 6.54 Å². The molecular formula is C27H17F3N2O3S. The molecule has 0 unspecified atom stereocenters. The number of nitrogens with one attached hydrogen (secondary N) is 1. The molecule has 0 radical (unpaired) electrons. The summed E-state index contributed by atoms with van der Waals surface area (Å²) in [5.41, 5.74) is -0.701. The molecular weight excluding hydrogens is 489 g/mol. The number of hydrogen-bond acceptors (Lipinski definition) is 4. The summed E-state index contributed by atoms with van der Waals surface area (Å²) in [5, 5.41) is 5.20. The fourth-order valence-electron chi connectivity index (χ4n) is 4.14. The molecule has 1 fully saturated rings. The lowest BCUT2D eigenvalue weighted by Gasteiger charge is -2.16. The largest absolute Gasteiger partial charge is 0.418 e. The molecule has 0 spiro atoms. The Morgan fingerprint density at radius 1 is 0.889 bits per heavy atom. The second kappa shape index (κ2) is 9.16. The molecule has 0 atom stereocenters. The minimum Gasteiger partial charge on any atom is -0.324 e. The standard InChI is InChI=1S/C27H17F3N2O3S/c28-27(29,30)21-11-5-6-12-22(21)31-24(33)15-32-25(34)23(36-26(32)35)14-20-18-9-3-1-7-16(18)13-17-8-2-4-10-19(17)20/h1-14H,15H2,(H,31,33)/b23-14-. The molecule has 1 heterocycles. The first-order valence-corrected chi connectivity index (χ1v) is 11.7. The zero-order valence-corrected chi connectivity index (χ0v) is 19.3. The van der Waals surface area contributed by atoms with E-state index in [4.69, 9.17) is 0 Å². The topological polar surface area (TPSA) is 66.5 Å². The lowest BCUT2D eigenvalue weighted by Crippen LogP contribution is -2.36. The molecule has 36 heavy (non-hydrogen) atoms. The molecule has 4 aromatic carbocycles. The number of carbonyl (C=O) groups excluding carboxylic acids is 3. The van der Waals surface area contributed by atoms with Crippen molar-refractivity contribution in [3.63, 3.8) is 0 Å². The van der Waals surface area contributed by atoms with Crippen LogP contribution in [0.3, 0.4) is 0 Å². The van der Waals surface area contributed by atoms with Crippen molar-refractivity contribution >= 4 is 62.1 Å². The average molecular weight is 507 g/mol. The van der Waals surface area contributed by atoms with Gasteiger partial charge in [0.05, 0.1) is 16.2 Å². The molecule has 3 amide bonds. The van der Waals surface area contributed by atoms with Crippen molar-refractivity contribution in [2.75, 3.05) is 11.9 Å². The number of nitrogens with zero attached hydrogens (tertiary/aromatic N) is 1. The zero-order valence-electron chi connectivity index (χ0n) is 18.5. The van der Waals surface area contributed by atoms with E-state index in [-0.39, 0.29) is 4.91 Å². The monoisotopic (exact) mass is 506 g/mol. The Morgan fingerprint density at radius 3 is 2.11 bits per heavy atom. The number of alkyl halides is 3. The Labute approximate surface area is 207 Å². The summed E-state index contributed by atoms with van der Waals surface area (Å²) < 4.78 is 39.7. The molecule has 1 aliphatic rings. The summed E-state index contributed by atoms with van der Waals surface area (Å²) in [4.78, 5) is 39.0. The van der Waals surface area contributed by atoms with Gasteiger partial charge in [-0.05, 0) is 63.1 Å². The summed E-state index contributed by atoms with van der Waals surface area (Å²) in [7, 11) is 0. The van der Waals surface area contributed by atoms with Crippen LogP contribution in [0.25, 0.3) is 27.6 Å². The second-order valence-electron chi connectivity index (χ2n) is 8.09. The molecule has 0 bridgehead atoms. The number of para-hydroxylation sites is 1. The molecule has 1 aliphatic heterocycles. The van der Waals surface area contributed by atoms with E-state index < -0.39 is 41.0 Å². The van der Waals surface area contributed by atoms with Crippen LogP contribution in [0.2, 0.25) is 0 Å². The quantitative estimate of drug-likeness (QED) is 0.248. The highest BCUT2D eigenvalue weighted by Gasteiger charge is 2.37. The predicted octanol–water partition coefficient (Wildman–Crippen LogP) is 6.69. The second-order valence-corrected chi connectivity index (χ2v) is 9.09. The van der Waals surface area contributed by atoms with Crippen molar-refractivity contribution < 1.29 is 27.6 Å². The molecule has 1 N–H and O–H groups in total. The minimum absolute atomic E-state index is 0.130. The van der Waals surface area contributed by atoms with E-state index >= 15 is 0 Å².